The number of likely N-dealkylation sites (tertiary alicyclic amines) is 1. The van der Waals surface area contributed by atoms with E-state index < -0.39 is 0 Å². The number of hydrogen-bond donors (Lipinski definition) is 0. The number of carbonyl (C=O) groups is 1. The maximum absolute atomic E-state index is 12.2. The molecule has 0 N–H and O–H groups in total. The molecule has 1 saturated heterocycles. The Kier molecular flexibility index (Phi) is 4.28. The Bertz CT molecular complexity index is 436. The van der Waals surface area contributed by atoms with Crippen LogP contribution >= 0.6 is 11.6 Å². The van der Waals surface area contributed by atoms with E-state index in [4.69, 9.17) is 11.6 Å². The molecule has 1 aromatic rings. The molecular formula is C15H20ClNO. The summed E-state index contributed by atoms with van der Waals surface area (Å²) in [6.45, 7) is 5.78. The molecule has 1 aliphatic heterocycles. The van der Waals surface area contributed by atoms with Crippen molar-refractivity contribution in [2.45, 2.75) is 38.5 Å². The van der Waals surface area contributed by atoms with E-state index in [2.05, 4.69) is 32.0 Å². The molecule has 0 atom stereocenters. The number of aryl methyl sites for hydroxylation is 2. The fraction of sp³-hybridized carbons (Fsp3) is 0.533. The third-order valence-corrected chi connectivity index (χ3v) is 4.14. The molecule has 0 radical (unpaired) electrons. The van der Waals surface area contributed by atoms with Crippen molar-refractivity contribution in [1.82, 2.24) is 4.90 Å². The number of nitrogens with zero attached hydrogens (tertiary/aromatic N) is 1. The maximum Gasteiger partial charge on any atom is 0.226 e. The Morgan fingerprint density at radius 2 is 1.94 bits per heavy atom. The molecule has 0 unspecified atom stereocenters. The number of halogens is 1. The second kappa shape index (κ2) is 5.75. The van der Waals surface area contributed by atoms with Gasteiger partial charge in [-0.2, -0.15) is 0 Å². The van der Waals surface area contributed by atoms with Gasteiger partial charge in [-0.15, -0.1) is 11.6 Å². The van der Waals surface area contributed by atoms with Crippen LogP contribution in [0.3, 0.4) is 0 Å². The van der Waals surface area contributed by atoms with Crippen molar-refractivity contribution in [3.63, 3.8) is 0 Å². The monoisotopic (exact) mass is 265 g/mol. The van der Waals surface area contributed by atoms with Gasteiger partial charge in [-0.25, -0.2) is 0 Å². The molecule has 0 aromatic heterocycles. The van der Waals surface area contributed by atoms with Gasteiger partial charge in [0.2, 0.25) is 5.91 Å². The van der Waals surface area contributed by atoms with Crippen molar-refractivity contribution in [2.75, 3.05) is 13.1 Å². The number of piperidine rings is 1. The number of amides is 1. The average Bonchev–Trinajstić information content (AvgIpc) is 2.34. The van der Waals surface area contributed by atoms with Gasteiger partial charge in [-0.05, 0) is 43.4 Å². The summed E-state index contributed by atoms with van der Waals surface area (Å²) in [6.07, 6.45) is 2.34. The number of benzene rings is 1. The molecule has 1 amide bonds. The lowest BCUT2D eigenvalue weighted by atomic mass is 10.0. The molecule has 2 rings (SSSR count). The molecule has 2 nitrogen and oxygen atoms in total. The van der Waals surface area contributed by atoms with Crippen molar-refractivity contribution in [2.24, 2.45) is 0 Å². The van der Waals surface area contributed by atoms with Gasteiger partial charge in [0.15, 0.2) is 0 Å². The van der Waals surface area contributed by atoms with Crippen molar-refractivity contribution in [1.29, 1.82) is 0 Å². The normalized spacial score (nSPS) is 16.9. The first-order chi connectivity index (χ1) is 8.56. The standard InChI is InChI=1S/C15H20ClNO/c1-11-3-4-13(9-12(11)2)10-15(18)17-7-5-14(16)6-8-17/h3-4,9,14H,5-8,10H2,1-2H3. The summed E-state index contributed by atoms with van der Waals surface area (Å²) in [7, 11) is 0. The Hall–Kier alpha value is -1.02. The van der Waals surface area contributed by atoms with E-state index in [1.165, 1.54) is 11.1 Å². The molecule has 1 aromatic carbocycles. The summed E-state index contributed by atoms with van der Waals surface area (Å²) in [4.78, 5) is 14.1. The van der Waals surface area contributed by atoms with E-state index in [0.29, 0.717) is 6.42 Å². The van der Waals surface area contributed by atoms with Crippen LogP contribution in [-0.2, 0) is 11.2 Å². The van der Waals surface area contributed by atoms with Crippen LogP contribution in [0.15, 0.2) is 18.2 Å². The second-order valence-electron chi connectivity index (χ2n) is 5.15. The summed E-state index contributed by atoms with van der Waals surface area (Å²) in [5.41, 5.74) is 3.63. The first kappa shape index (κ1) is 13.4. The Balaban J connectivity index is 1.96. The summed E-state index contributed by atoms with van der Waals surface area (Å²) in [5, 5.41) is 0.246. The van der Waals surface area contributed by atoms with Crippen LogP contribution in [0.4, 0.5) is 0 Å². The number of rotatable bonds is 2. The van der Waals surface area contributed by atoms with Crippen LogP contribution in [0, 0.1) is 13.8 Å². The van der Waals surface area contributed by atoms with Crippen molar-refractivity contribution < 1.29 is 4.79 Å². The van der Waals surface area contributed by atoms with E-state index >= 15 is 0 Å². The zero-order valence-electron chi connectivity index (χ0n) is 11.1. The molecule has 0 bridgehead atoms. The van der Waals surface area contributed by atoms with E-state index in [0.717, 1.165) is 31.5 Å². The molecule has 0 aliphatic carbocycles. The molecular weight excluding hydrogens is 246 g/mol. The predicted octanol–water partition coefficient (Wildman–Crippen LogP) is 3.08. The van der Waals surface area contributed by atoms with Gasteiger partial charge in [0.05, 0.1) is 6.42 Å². The minimum atomic E-state index is 0.224. The smallest absolute Gasteiger partial charge is 0.226 e. The maximum atomic E-state index is 12.2. The first-order valence-electron chi connectivity index (χ1n) is 6.54. The van der Waals surface area contributed by atoms with Crippen LogP contribution in [0.2, 0.25) is 0 Å². The molecule has 3 heteroatoms. The van der Waals surface area contributed by atoms with Gasteiger partial charge in [-0.1, -0.05) is 18.2 Å². The van der Waals surface area contributed by atoms with Gasteiger partial charge in [-0.3, -0.25) is 4.79 Å². The summed E-state index contributed by atoms with van der Waals surface area (Å²) >= 11 is 6.05. The van der Waals surface area contributed by atoms with Crippen molar-refractivity contribution in [3.8, 4) is 0 Å². The highest BCUT2D eigenvalue weighted by atomic mass is 35.5. The van der Waals surface area contributed by atoms with Gasteiger partial charge in [0.1, 0.15) is 0 Å². The number of hydrogen-bond acceptors (Lipinski definition) is 1. The third kappa shape index (κ3) is 3.26. The largest absolute Gasteiger partial charge is 0.342 e. The lowest BCUT2D eigenvalue weighted by Gasteiger charge is -2.29. The van der Waals surface area contributed by atoms with Gasteiger partial charge in [0.25, 0.3) is 0 Å². The molecule has 18 heavy (non-hydrogen) atoms. The molecule has 1 heterocycles. The quantitative estimate of drug-likeness (QED) is 0.753. The Morgan fingerprint density at radius 1 is 1.28 bits per heavy atom. The molecule has 1 fully saturated rings. The average molecular weight is 266 g/mol. The zero-order chi connectivity index (χ0) is 13.1. The second-order valence-corrected chi connectivity index (χ2v) is 5.77. The van der Waals surface area contributed by atoms with Crippen LogP contribution in [0.1, 0.15) is 29.5 Å². The van der Waals surface area contributed by atoms with Gasteiger partial charge >= 0.3 is 0 Å². The van der Waals surface area contributed by atoms with Crippen LogP contribution in [0.5, 0.6) is 0 Å². The molecule has 0 spiro atoms. The van der Waals surface area contributed by atoms with Crippen molar-refractivity contribution >= 4 is 17.5 Å². The fourth-order valence-electron chi connectivity index (χ4n) is 2.30. The summed E-state index contributed by atoms with van der Waals surface area (Å²) < 4.78 is 0. The summed E-state index contributed by atoms with van der Waals surface area (Å²) in [5.74, 6) is 0.224. The van der Waals surface area contributed by atoms with Gasteiger partial charge < -0.3 is 4.90 Å². The van der Waals surface area contributed by atoms with Gasteiger partial charge in [0, 0.05) is 18.5 Å². The van der Waals surface area contributed by atoms with E-state index in [-0.39, 0.29) is 11.3 Å². The Labute approximate surface area is 114 Å². The molecule has 1 aliphatic rings. The zero-order valence-corrected chi connectivity index (χ0v) is 11.8. The van der Waals surface area contributed by atoms with E-state index in [1.54, 1.807) is 0 Å². The lowest BCUT2D eigenvalue weighted by Crippen LogP contribution is -2.39. The summed E-state index contributed by atoms with van der Waals surface area (Å²) in [6, 6.07) is 6.25. The third-order valence-electron chi connectivity index (χ3n) is 3.70. The minimum absolute atomic E-state index is 0.224. The van der Waals surface area contributed by atoms with Crippen molar-refractivity contribution in [3.05, 3.63) is 34.9 Å². The predicted molar refractivity (Wildman–Crippen MR) is 75.1 cm³/mol. The van der Waals surface area contributed by atoms with E-state index in [1.807, 2.05) is 4.90 Å². The van der Waals surface area contributed by atoms with Crippen LogP contribution < -0.4 is 0 Å². The highest BCUT2D eigenvalue weighted by molar-refractivity contribution is 6.20. The van der Waals surface area contributed by atoms with Crippen LogP contribution in [-0.4, -0.2) is 29.3 Å². The number of carbonyl (C=O) groups excluding carboxylic acids is 1. The molecule has 0 saturated carbocycles. The SMILES string of the molecule is Cc1ccc(CC(=O)N2CCC(Cl)CC2)cc1C. The first-order valence-corrected chi connectivity index (χ1v) is 6.98. The number of alkyl halides is 1. The Morgan fingerprint density at radius 3 is 2.56 bits per heavy atom. The van der Waals surface area contributed by atoms with Crippen LogP contribution in [0.25, 0.3) is 0 Å². The van der Waals surface area contributed by atoms with E-state index in [9.17, 15) is 4.79 Å². The minimum Gasteiger partial charge on any atom is -0.342 e. The fourth-order valence-corrected chi connectivity index (χ4v) is 2.49. The highest BCUT2D eigenvalue weighted by Gasteiger charge is 2.21. The molecule has 98 valence electrons. The topological polar surface area (TPSA) is 20.3 Å². The highest BCUT2D eigenvalue weighted by Crippen LogP contribution is 2.17. The lowest BCUT2D eigenvalue weighted by molar-refractivity contribution is -0.131.